The maximum atomic E-state index is 12.9. The van der Waals surface area contributed by atoms with Crippen molar-refractivity contribution in [3.63, 3.8) is 0 Å². The van der Waals surface area contributed by atoms with Crippen molar-refractivity contribution in [2.24, 2.45) is 0 Å². The van der Waals surface area contributed by atoms with E-state index in [0.29, 0.717) is 51.0 Å². The lowest BCUT2D eigenvalue weighted by atomic mass is 10.1. The Hall–Kier alpha value is -1.54. The van der Waals surface area contributed by atoms with E-state index in [9.17, 15) is 9.90 Å². The number of hydrogen-bond donors (Lipinski definition) is 3. The summed E-state index contributed by atoms with van der Waals surface area (Å²) >= 11 is 24.5. The average Bonchev–Trinajstić information content (AvgIpc) is 3.25. The van der Waals surface area contributed by atoms with Crippen LogP contribution in [0.2, 0.25) is 20.1 Å². The van der Waals surface area contributed by atoms with E-state index < -0.39 is 12.1 Å². The number of nitrogens with zero attached hydrogens (tertiary/aromatic N) is 2. The number of amides is 1. The zero-order valence-corrected chi connectivity index (χ0v) is 18.7. The maximum Gasteiger partial charge on any atom is 0.240 e. The molecule has 1 aliphatic rings. The number of likely N-dealkylation sites (tertiary alicyclic amines) is 1. The second kappa shape index (κ2) is 8.91. The number of halogens is 4. The van der Waals surface area contributed by atoms with Crippen LogP contribution in [0.25, 0.3) is 11.0 Å². The molecule has 2 unspecified atom stereocenters. The average molecular weight is 488 g/mol. The molecule has 10 heteroatoms. The zero-order valence-electron chi connectivity index (χ0n) is 15.6. The Morgan fingerprint density at radius 3 is 2.63 bits per heavy atom. The van der Waals surface area contributed by atoms with Crippen molar-refractivity contribution in [2.75, 3.05) is 6.54 Å². The van der Waals surface area contributed by atoms with Crippen LogP contribution in [0.1, 0.15) is 17.8 Å². The Kier molecular flexibility index (Phi) is 6.44. The summed E-state index contributed by atoms with van der Waals surface area (Å²) in [6, 6.07) is 7.84. The highest BCUT2D eigenvalue weighted by Gasteiger charge is 2.38. The maximum absolute atomic E-state index is 12.9. The monoisotopic (exact) mass is 486 g/mol. The first kappa shape index (κ1) is 21.7. The smallest absolute Gasteiger partial charge is 0.240 e. The fraction of sp³-hybridized carbons (Fsp3) is 0.300. The van der Waals surface area contributed by atoms with Gasteiger partial charge < -0.3 is 15.4 Å². The molecule has 1 saturated heterocycles. The highest BCUT2D eigenvalue weighted by molar-refractivity contribution is 6.39. The van der Waals surface area contributed by atoms with Crippen molar-refractivity contribution < 1.29 is 9.90 Å². The largest absolute Gasteiger partial charge is 0.391 e. The van der Waals surface area contributed by atoms with Gasteiger partial charge in [0.1, 0.15) is 11.9 Å². The summed E-state index contributed by atoms with van der Waals surface area (Å²) in [5.41, 5.74) is 2.23. The number of aromatic nitrogens is 2. The lowest BCUT2D eigenvalue weighted by Gasteiger charge is -2.26. The van der Waals surface area contributed by atoms with Gasteiger partial charge in [0.2, 0.25) is 5.91 Å². The van der Waals surface area contributed by atoms with Crippen LogP contribution in [0.3, 0.4) is 0 Å². The van der Waals surface area contributed by atoms with Crippen molar-refractivity contribution in [1.29, 1.82) is 0 Å². The molecule has 30 heavy (non-hydrogen) atoms. The van der Waals surface area contributed by atoms with Gasteiger partial charge in [-0.15, -0.1) is 0 Å². The molecule has 0 radical (unpaired) electrons. The molecule has 6 nitrogen and oxygen atoms in total. The van der Waals surface area contributed by atoms with Gasteiger partial charge >= 0.3 is 0 Å². The summed E-state index contributed by atoms with van der Waals surface area (Å²) in [6.45, 7) is 1.06. The second-order valence-electron chi connectivity index (χ2n) is 7.18. The minimum Gasteiger partial charge on any atom is -0.391 e. The van der Waals surface area contributed by atoms with Gasteiger partial charge in [-0.2, -0.15) is 0 Å². The number of fused-ring (bicyclic) bond motifs is 1. The number of carbonyl (C=O) groups is 1. The molecule has 0 spiro atoms. The Morgan fingerprint density at radius 1 is 1.17 bits per heavy atom. The molecule has 3 aromatic rings. The Balaban J connectivity index is 1.46. The van der Waals surface area contributed by atoms with Crippen LogP contribution >= 0.6 is 46.4 Å². The van der Waals surface area contributed by atoms with Crippen molar-refractivity contribution in [1.82, 2.24) is 20.2 Å². The minimum atomic E-state index is -0.788. The summed E-state index contributed by atoms with van der Waals surface area (Å²) in [7, 11) is 0. The molecule has 0 bridgehead atoms. The predicted octanol–water partition coefficient (Wildman–Crippen LogP) is 4.43. The summed E-state index contributed by atoms with van der Waals surface area (Å²) in [5, 5.41) is 15.1. The normalized spacial score (nSPS) is 19.5. The first-order valence-corrected chi connectivity index (χ1v) is 10.8. The Bertz CT molecular complexity index is 1080. The van der Waals surface area contributed by atoms with Crippen molar-refractivity contribution in [3.05, 3.63) is 61.8 Å². The fourth-order valence-corrected chi connectivity index (χ4v) is 4.79. The molecule has 1 aliphatic heterocycles. The predicted molar refractivity (Wildman–Crippen MR) is 119 cm³/mol. The summed E-state index contributed by atoms with van der Waals surface area (Å²) in [4.78, 5) is 22.3. The molecule has 158 valence electrons. The van der Waals surface area contributed by atoms with Crippen LogP contribution < -0.4 is 5.32 Å². The number of aromatic amines is 1. The van der Waals surface area contributed by atoms with Crippen LogP contribution in [-0.2, 0) is 17.9 Å². The third kappa shape index (κ3) is 4.54. The molecular formula is C20H18Cl4N4O2. The van der Waals surface area contributed by atoms with E-state index in [-0.39, 0.29) is 12.5 Å². The van der Waals surface area contributed by atoms with Gasteiger partial charge in [-0.05, 0) is 36.8 Å². The topological polar surface area (TPSA) is 81.2 Å². The van der Waals surface area contributed by atoms with Crippen molar-refractivity contribution >= 4 is 63.3 Å². The van der Waals surface area contributed by atoms with Gasteiger partial charge in [0.15, 0.2) is 0 Å². The molecule has 1 aromatic heterocycles. The number of carbonyl (C=O) groups excluding carboxylic acids is 1. The summed E-state index contributed by atoms with van der Waals surface area (Å²) in [6.07, 6.45) is -0.311. The number of aliphatic hydroxyl groups excluding tert-OH is 1. The van der Waals surface area contributed by atoms with Crippen LogP contribution in [0.4, 0.5) is 0 Å². The number of nitrogens with one attached hydrogen (secondary N) is 2. The SMILES string of the molecule is O=C(NCc1nc2ccc(Cl)cc2[nH]1)C1C(O)CCN1Cc1c(Cl)cc(Cl)cc1Cl. The highest BCUT2D eigenvalue weighted by atomic mass is 35.5. The van der Waals surface area contributed by atoms with E-state index in [1.165, 1.54) is 0 Å². The third-order valence-corrected chi connectivity index (χ3v) is 6.26. The zero-order chi connectivity index (χ0) is 21.4. The number of aliphatic hydroxyl groups is 1. The fourth-order valence-electron chi connectivity index (χ4n) is 3.68. The first-order chi connectivity index (χ1) is 14.3. The third-order valence-electron chi connectivity index (χ3n) is 5.13. The molecule has 2 atom stereocenters. The van der Waals surface area contributed by atoms with Gasteiger partial charge in [0, 0.05) is 38.7 Å². The van der Waals surface area contributed by atoms with E-state index >= 15 is 0 Å². The van der Waals surface area contributed by atoms with E-state index in [4.69, 9.17) is 46.4 Å². The molecular weight excluding hydrogens is 470 g/mol. The van der Waals surface area contributed by atoms with Gasteiger partial charge in [-0.1, -0.05) is 46.4 Å². The van der Waals surface area contributed by atoms with Crippen molar-refractivity contribution in [2.45, 2.75) is 31.7 Å². The van der Waals surface area contributed by atoms with Gasteiger partial charge in [-0.25, -0.2) is 4.98 Å². The van der Waals surface area contributed by atoms with Crippen LogP contribution in [0.15, 0.2) is 30.3 Å². The van der Waals surface area contributed by atoms with Gasteiger partial charge in [-0.3, -0.25) is 9.69 Å². The number of benzene rings is 2. The lowest BCUT2D eigenvalue weighted by molar-refractivity contribution is -0.128. The minimum absolute atomic E-state index is 0.199. The molecule has 0 aliphatic carbocycles. The number of rotatable bonds is 5. The standard InChI is InChI=1S/C20H18Cl4N4O2/c21-10-1-2-15-16(7-10)27-18(26-15)8-25-20(30)19-17(29)3-4-28(19)9-12-13(23)5-11(22)6-14(12)24/h1-2,5-7,17,19,29H,3-4,8-9H2,(H,25,30)(H,26,27). The molecule has 2 aromatic carbocycles. The highest BCUT2D eigenvalue weighted by Crippen LogP contribution is 2.32. The number of imidazole rings is 1. The van der Waals surface area contributed by atoms with E-state index in [1.54, 1.807) is 24.3 Å². The van der Waals surface area contributed by atoms with Crippen LogP contribution in [-0.4, -0.2) is 44.6 Å². The second-order valence-corrected chi connectivity index (χ2v) is 8.87. The molecule has 2 heterocycles. The molecule has 4 rings (SSSR count). The van der Waals surface area contributed by atoms with Crippen LogP contribution in [0, 0.1) is 0 Å². The molecule has 1 amide bonds. The number of hydrogen-bond acceptors (Lipinski definition) is 4. The number of H-pyrrole nitrogens is 1. The van der Waals surface area contributed by atoms with E-state index in [0.717, 1.165) is 11.0 Å². The summed E-state index contributed by atoms with van der Waals surface area (Å²) in [5.74, 6) is 0.308. The van der Waals surface area contributed by atoms with Gasteiger partial charge in [0.05, 0.1) is 23.7 Å². The molecule has 0 saturated carbocycles. The Morgan fingerprint density at radius 2 is 1.90 bits per heavy atom. The van der Waals surface area contributed by atoms with Crippen LogP contribution in [0.5, 0.6) is 0 Å². The molecule has 1 fully saturated rings. The summed E-state index contributed by atoms with van der Waals surface area (Å²) < 4.78 is 0. The van der Waals surface area contributed by atoms with Gasteiger partial charge in [0.25, 0.3) is 0 Å². The van der Waals surface area contributed by atoms with E-state index in [1.807, 2.05) is 11.0 Å². The lowest BCUT2D eigenvalue weighted by Crippen LogP contribution is -2.47. The van der Waals surface area contributed by atoms with Crippen molar-refractivity contribution in [3.8, 4) is 0 Å². The molecule has 3 N–H and O–H groups in total. The Labute approximate surface area is 193 Å². The first-order valence-electron chi connectivity index (χ1n) is 9.29. The van der Waals surface area contributed by atoms with E-state index in [2.05, 4.69) is 15.3 Å². The quantitative estimate of drug-likeness (QED) is 0.497.